The maximum Gasteiger partial charge on any atom is 0.338 e. The zero-order valence-electron chi connectivity index (χ0n) is 22.9. The van der Waals surface area contributed by atoms with Gasteiger partial charge in [0.2, 0.25) is 0 Å². The van der Waals surface area contributed by atoms with E-state index in [9.17, 15) is 14.4 Å². The van der Waals surface area contributed by atoms with E-state index in [0.29, 0.717) is 75.8 Å². The monoisotopic (exact) mass is 538 g/mol. The van der Waals surface area contributed by atoms with Crippen molar-refractivity contribution in [3.8, 4) is 0 Å². The Labute approximate surface area is 229 Å². The normalized spacial score (nSPS) is 19.6. The highest BCUT2D eigenvalue weighted by molar-refractivity contribution is 5.98. The maximum absolute atomic E-state index is 13.1. The average Bonchev–Trinajstić information content (AvgIpc) is 3.24. The number of morpholine rings is 1. The molecule has 10 nitrogen and oxygen atoms in total. The molecule has 1 aromatic carbocycles. The molecule has 1 atom stereocenters. The third-order valence-electron chi connectivity index (χ3n) is 8.06. The van der Waals surface area contributed by atoms with Gasteiger partial charge < -0.3 is 24.4 Å². The van der Waals surface area contributed by atoms with Crippen molar-refractivity contribution in [2.24, 2.45) is 11.3 Å². The molecule has 4 heterocycles. The highest BCUT2D eigenvalue weighted by Crippen LogP contribution is 2.38. The third kappa shape index (κ3) is 6.01. The number of rotatable bonds is 7. The molecular weight excluding hydrogens is 500 g/mol. The molecule has 10 heteroatoms. The molecule has 1 spiro atoms. The second-order valence-corrected chi connectivity index (χ2v) is 11.0. The SMILES string of the molecule is CCn1nc(CC(C)COC(=O)c2cccc(C(=O)N3CCOCC3)c2)c2c1C(=O)NCC1(CCOCC1)C2. The molecule has 0 bridgehead atoms. The Morgan fingerprint density at radius 3 is 2.59 bits per heavy atom. The average molecular weight is 539 g/mol. The summed E-state index contributed by atoms with van der Waals surface area (Å²) in [4.78, 5) is 40.5. The van der Waals surface area contributed by atoms with Crippen LogP contribution in [0.5, 0.6) is 0 Å². The molecule has 3 aliphatic rings. The van der Waals surface area contributed by atoms with Crippen molar-refractivity contribution < 1.29 is 28.6 Å². The van der Waals surface area contributed by atoms with Gasteiger partial charge in [0.15, 0.2) is 0 Å². The summed E-state index contributed by atoms with van der Waals surface area (Å²) < 4.78 is 18.4. The minimum atomic E-state index is -0.461. The number of esters is 1. The fourth-order valence-corrected chi connectivity index (χ4v) is 5.75. The summed E-state index contributed by atoms with van der Waals surface area (Å²) in [5.41, 5.74) is 3.37. The van der Waals surface area contributed by atoms with Crippen molar-refractivity contribution in [3.63, 3.8) is 0 Å². The smallest absolute Gasteiger partial charge is 0.338 e. The van der Waals surface area contributed by atoms with Crippen LogP contribution in [0, 0.1) is 11.3 Å². The number of ether oxygens (including phenoxy) is 3. The van der Waals surface area contributed by atoms with E-state index in [1.54, 1.807) is 33.8 Å². The number of carbonyl (C=O) groups excluding carboxylic acids is 3. The first-order valence-electron chi connectivity index (χ1n) is 14.0. The first-order valence-corrected chi connectivity index (χ1v) is 14.0. The number of aromatic nitrogens is 2. The molecule has 3 aliphatic heterocycles. The van der Waals surface area contributed by atoms with Gasteiger partial charge in [-0.05, 0) is 62.1 Å². The first kappa shape index (κ1) is 27.3. The number of nitrogens with one attached hydrogen (secondary N) is 1. The van der Waals surface area contributed by atoms with Gasteiger partial charge in [-0.2, -0.15) is 5.10 Å². The molecule has 2 saturated heterocycles. The topological polar surface area (TPSA) is 112 Å². The second-order valence-electron chi connectivity index (χ2n) is 11.0. The van der Waals surface area contributed by atoms with Crippen LogP contribution in [0.25, 0.3) is 0 Å². The number of hydrogen-bond donors (Lipinski definition) is 1. The number of fused-ring (bicyclic) bond motifs is 1. The Kier molecular flexibility index (Phi) is 8.32. The number of carbonyl (C=O) groups is 3. The zero-order valence-corrected chi connectivity index (χ0v) is 22.9. The van der Waals surface area contributed by atoms with Gasteiger partial charge in [-0.1, -0.05) is 13.0 Å². The van der Waals surface area contributed by atoms with Crippen LogP contribution in [0.3, 0.4) is 0 Å². The van der Waals surface area contributed by atoms with Gasteiger partial charge in [-0.3, -0.25) is 14.3 Å². The van der Waals surface area contributed by atoms with Gasteiger partial charge in [-0.15, -0.1) is 0 Å². The Morgan fingerprint density at radius 2 is 1.85 bits per heavy atom. The van der Waals surface area contributed by atoms with E-state index in [0.717, 1.165) is 30.5 Å². The standard InChI is InChI=1S/C29H38N4O6/c1-3-33-25-23(17-29(19-30-26(25)34)7-11-37-12-8-29)24(31-33)15-20(2)18-39-28(36)22-6-4-5-21(16-22)27(35)32-9-13-38-14-10-32/h4-6,16,20H,3,7-15,17-19H2,1-2H3,(H,30,34). The molecule has 5 rings (SSSR count). The van der Waals surface area contributed by atoms with Crippen LogP contribution >= 0.6 is 0 Å². The molecule has 1 N–H and O–H groups in total. The van der Waals surface area contributed by atoms with Crippen LogP contribution < -0.4 is 5.32 Å². The summed E-state index contributed by atoms with van der Waals surface area (Å²) in [5, 5.41) is 7.95. The lowest BCUT2D eigenvalue weighted by molar-refractivity contribution is 0.0160. The lowest BCUT2D eigenvalue weighted by Crippen LogP contribution is -2.40. The van der Waals surface area contributed by atoms with Gasteiger partial charge in [0.25, 0.3) is 11.8 Å². The highest BCUT2D eigenvalue weighted by atomic mass is 16.5. The Bertz CT molecular complexity index is 1210. The summed E-state index contributed by atoms with van der Waals surface area (Å²) in [6.45, 7) is 8.99. The van der Waals surface area contributed by atoms with E-state index >= 15 is 0 Å². The summed E-state index contributed by atoms with van der Waals surface area (Å²) >= 11 is 0. The van der Waals surface area contributed by atoms with E-state index < -0.39 is 5.97 Å². The number of nitrogens with zero attached hydrogens (tertiary/aromatic N) is 3. The minimum absolute atomic E-state index is 0.00614. The third-order valence-corrected chi connectivity index (χ3v) is 8.06. The second kappa shape index (κ2) is 11.9. The van der Waals surface area contributed by atoms with Gasteiger partial charge in [-0.25, -0.2) is 4.79 Å². The zero-order chi connectivity index (χ0) is 27.4. The summed E-state index contributed by atoms with van der Waals surface area (Å²) in [6.07, 6.45) is 3.20. The van der Waals surface area contributed by atoms with Crippen LogP contribution in [0.4, 0.5) is 0 Å². The Hall–Kier alpha value is -3.24. The van der Waals surface area contributed by atoms with Crippen molar-refractivity contribution in [1.82, 2.24) is 20.0 Å². The Morgan fingerprint density at radius 1 is 1.13 bits per heavy atom. The number of amides is 2. The van der Waals surface area contributed by atoms with Crippen LogP contribution in [-0.4, -0.2) is 85.1 Å². The predicted molar refractivity (Wildman–Crippen MR) is 143 cm³/mol. The fraction of sp³-hybridized carbons (Fsp3) is 0.586. The molecule has 39 heavy (non-hydrogen) atoms. The Balaban J connectivity index is 1.25. The van der Waals surface area contributed by atoms with Crippen LogP contribution in [-0.2, 0) is 33.6 Å². The number of aryl methyl sites for hydroxylation is 1. The molecule has 0 radical (unpaired) electrons. The molecule has 1 unspecified atom stereocenters. The predicted octanol–water partition coefficient (Wildman–Crippen LogP) is 2.49. The lowest BCUT2D eigenvalue weighted by atomic mass is 9.75. The van der Waals surface area contributed by atoms with E-state index in [2.05, 4.69) is 5.32 Å². The van der Waals surface area contributed by atoms with Crippen LogP contribution in [0.2, 0.25) is 0 Å². The number of hydrogen-bond acceptors (Lipinski definition) is 7. The van der Waals surface area contributed by atoms with Crippen LogP contribution in [0.15, 0.2) is 24.3 Å². The van der Waals surface area contributed by atoms with Crippen molar-refractivity contribution in [1.29, 1.82) is 0 Å². The highest BCUT2D eigenvalue weighted by Gasteiger charge is 2.39. The lowest BCUT2D eigenvalue weighted by Gasteiger charge is -2.36. The molecule has 2 fully saturated rings. The van der Waals surface area contributed by atoms with E-state index in [1.165, 1.54) is 0 Å². The molecule has 2 aromatic rings. The molecule has 0 saturated carbocycles. The molecule has 2 amide bonds. The van der Waals surface area contributed by atoms with Crippen LogP contribution in [0.1, 0.15) is 69.2 Å². The number of benzene rings is 1. The molecule has 1 aromatic heterocycles. The van der Waals surface area contributed by atoms with Crippen molar-refractivity contribution in [2.75, 3.05) is 52.7 Å². The van der Waals surface area contributed by atoms with E-state index in [-0.39, 0.29) is 29.8 Å². The summed E-state index contributed by atoms with van der Waals surface area (Å²) in [7, 11) is 0. The van der Waals surface area contributed by atoms with Crippen molar-refractivity contribution in [2.45, 2.75) is 46.1 Å². The fourth-order valence-electron chi connectivity index (χ4n) is 5.75. The van der Waals surface area contributed by atoms with Gasteiger partial charge in [0.05, 0.1) is 31.1 Å². The summed E-state index contributed by atoms with van der Waals surface area (Å²) in [6, 6.07) is 6.68. The quantitative estimate of drug-likeness (QED) is 0.539. The van der Waals surface area contributed by atoms with Crippen molar-refractivity contribution in [3.05, 3.63) is 52.3 Å². The molecule has 0 aliphatic carbocycles. The van der Waals surface area contributed by atoms with E-state index in [1.807, 2.05) is 13.8 Å². The largest absolute Gasteiger partial charge is 0.462 e. The van der Waals surface area contributed by atoms with Gasteiger partial charge in [0.1, 0.15) is 5.69 Å². The van der Waals surface area contributed by atoms with E-state index in [4.69, 9.17) is 19.3 Å². The maximum atomic E-state index is 13.1. The van der Waals surface area contributed by atoms with Gasteiger partial charge >= 0.3 is 5.97 Å². The first-order chi connectivity index (χ1) is 18.9. The minimum Gasteiger partial charge on any atom is -0.462 e. The van der Waals surface area contributed by atoms with Crippen molar-refractivity contribution >= 4 is 17.8 Å². The van der Waals surface area contributed by atoms with Gasteiger partial charge in [0, 0.05) is 50.5 Å². The summed E-state index contributed by atoms with van der Waals surface area (Å²) in [5.74, 6) is -0.648. The molecular formula is C29H38N4O6. The molecule has 210 valence electrons.